The first kappa shape index (κ1) is 14.3. The van der Waals surface area contributed by atoms with Crippen molar-refractivity contribution in [3.8, 4) is 5.75 Å². The third-order valence-corrected chi connectivity index (χ3v) is 4.09. The van der Waals surface area contributed by atoms with Crippen LogP contribution >= 0.6 is 15.9 Å². The first-order valence-corrected chi connectivity index (χ1v) is 7.27. The quantitative estimate of drug-likeness (QED) is 0.894. The maximum atomic E-state index is 11.4. The molecule has 0 bridgehead atoms. The smallest absolute Gasteiger partial charge is 0.221 e. The van der Waals surface area contributed by atoms with E-state index in [0.29, 0.717) is 11.8 Å². The fourth-order valence-electron chi connectivity index (χ4n) is 2.46. The van der Waals surface area contributed by atoms with Gasteiger partial charge in [-0.3, -0.25) is 4.79 Å². The van der Waals surface area contributed by atoms with E-state index in [1.165, 1.54) is 19.8 Å². The highest BCUT2D eigenvalue weighted by Crippen LogP contribution is 2.35. The van der Waals surface area contributed by atoms with Crippen LogP contribution in [0.4, 0.5) is 5.69 Å². The van der Waals surface area contributed by atoms with Crippen molar-refractivity contribution in [3.63, 3.8) is 0 Å². The van der Waals surface area contributed by atoms with E-state index in [1.807, 2.05) is 12.1 Å². The van der Waals surface area contributed by atoms with Crippen molar-refractivity contribution >= 4 is 27.5 Å². The van der Waals surface area contributed by atoms with E-state index >= 15 is 0 Å². The van der Waals surface area contributed by atoms with Gasteiger partial charge in [0.05, 0.1) is 12.8 Å². The highest BCUT2D eigenvalue weighted by molar-refractivity contribution is 9.10. The van der Waals surface area contributed by atoms with Crippen molar-refractivity contribution in [2.24, 2.45) is 0 Å². The fraction of sp³-hybridized carbons (Fsp3) is 0.500. The lowest BCUT2D eigenvalue weighted by Crippen LogP contribution is -2.24. The van der Waals surface area contributed by atoms with Crippen molar-refractivity contribution in [2.75, 3.05) is 19.0 Å². The lowest BCUT2D eigenvalue weighted by Gasteiger charge is -2.18. The van der Waals surface area contributed by atoms with E-state index in [-0.39, 0.29) is 5.91 Å². The summed E-state index contributed by atoms with van der Waals surface area (Å²) in [6.45, 7) is 2.58. The monoisotopic (exact) mass is 326 g/mol. The molecule has 1 unspecified atom stereocenters. The summed E-state index contributed by atoms with van der Waals surface area (Å²) in [7, 11) is 1.62. The summed E-state index contributed by atoms with van der Waals surface area (Å²) in [5.41, 5.74) is 1.87. The van der Waals surface area contributed by atoms with Gasteiger partial charge in [0, 0.05) is 17.4 Å². The van der Waals surface area contributed by atoms with Gasteiger partial charge in [-0.2, -0.15) is 0 Å². The second kappa shape index (κ2) is 6.39. The van der Waals surface area contributed by atoms with Crippen LogP contribution in [-0.2, 0) is 11.2 Å². The second-order valence-electron chi connectivity index (χ2n) is 4.78. The van der Waals surface area contributed by atoms with Crippen molar-refractivity contribution in [3.05, 3.63) is 22.2 Å². The van der Waals surface area contributed by atoms with E-state index in [1.54, 1.807) is 7.11 Å². The second-order valence-corrected chi connectivity index (χ2v) is 5.64. The third kappa shape index (κ3) is 3.48. The molecule has 1 aliphatic rings. The number of methoxy groups -OCH3 is 1. The number of hydrogen-bond acceptors (Lipinski definition) is 3. The zero-order valence-electron chi connectivity index (χ0n) is 11.3. The minimum Gasteiger partial charge on any atom is -0.495 e. The lowest BCUT2D eigenvalue weighted by atomic mass is 10.0. The molecule has 0 spiro atoms. The van der Waals surface area contributed by atoms with Gasteiger partial charge in [-0.1, -0.05) is 15.9 Å². The Labute approximate surface area is 122 Å². The zero-order valence-corrected chi connectivity index (χ0v) is 12.8. The van der Waals surface area contributed by atoms with Crippen LogP contribution in [0.15, 0.2) is 16.6 Å². The Bertz CT molecular complexity index is 471. The number of halogens is 1. The fourth-order valence-corrected chi connectivity index (χ4v) is 2.95. The Kier molecular flexibility index (Phi) is 4.82. The van der Waals surface area contributed by atoms with Crippen LogP contribution in [0.5, 0.6) is 5.75 Å². The lowest BCUT2D eigenvalue weighted by molar-refractivity contribution is -0.114. The summed E-state index contributed by atoms with van der Waals surface area (Å²) in [5.74, 6) is 0.614. The molecular formula is C14H19BrN2O2. The summed E-state index contributed by atoms with van der Waals surface area (Å²) in [6.07, 6.45) is 3.26. The predicted octanol–water partition coefficient (Wildman–Crippen LogP) is 2.71. The van der Waals surface area contributed by atoms with Crippen molar-refractivity contribution in [1.82, 2.24) is 5.32 Å². The van der Waals surface area contributed by atoms with Crippen molar-refractivity contribution in [1.29, 1.82) is 0 Å². The molecule has 2 N–H and O–H groups in total. The van der Waals surface area contributed by atoms with Crippen molar-refractivity contribution < 1.29 is 9.53 Å². The molecule has 1 fully saturated rings. The molecule has 1 aliphatic heterocycles. The molecule has 0 aromatic heterocycles. The number of nitrogens with one attached hydrogen (secondary N) is 2. The largest absolute Gasteiger partial charge is 0.495 e. The van der Waals surface area contributed by atoms with E-state index in [2.05, 4.69) is 26.6 Å². The number of hydrogen-bond donors (Lipinski definition) is 2. The molecule has 1 aromatic carbocycles. The Morgan fingerprint density at radius 3 is 2.95 bits per heavy atom. The number of anilines is 1. The SMILES string of the molecule is COc1ccc(Br)c(CC2CCCN2)c1NC(C)=O. The summed E-state index contributed by atoms with van der Waals surface area (Å²) in [6, 6.07) is 4.30. The molecule has 1 atom stereocenters. The van der Waals surface area contributed by atoms with Gasteiger partial charge in [0.1, 0.15) is 5.75 Å². The van der Waals surface area contributed by atoms with Crippen LogP contribution in [-0.4, -0.2) is 25.6 Å². The number of amides is 1. The van der Waals surface area contributed by atoms with Crippen LogP contribution in [0.1, 0.15) is 25.3 Å². The molecule has 4 nitrogen and oxygen atoms in total. The molecule has 1 amide bonds. The van der Waals surface area contributed by atoms with Gasteiger partial charge in [-0.25, -0.2) is 0 Å². The molecule has 1 saturated heterocycles. The molecule has 19 heavy (non-hydrogen) atoms. The molecule has 0 radical (unpaired) electrons. The van der Waals surface area contributed by atoms with Gasteiger partial charge in [0.2, 0.25) is 5.91 Å². The average molecular weight is 327 g/mol. The van der Waals surface area contributed by atoms with Crippen LogP contribution in [0.3, 0.4) is 0 Å². The number of carbonyl (C=O) groups excluding carboxylic acids is 1. The summed E-state index contributed by atoms with van der Waals surface area (Å²) < 4.78 is 6.36. The highest BCUT2D eigenvalue weighted by atomic mass is 79.9. The topological polar surface area (TPSA) is 50.4 Å². The predicted molar refractivity (Wildman–Crippen MR) is 79.7 cm³/mol. The van der Waals surface area contributed by atoms with E-state index in [9.17, 15) is 4.79 Å². The molecule has 1 heterocycles. The normalized spacial score (nSPS) is 18.4. The van der Waals surface area contributed by atoms with Gasteiger partial charge in [-0.15, -0.1) is 0 Å². The molecular weight excluding hydrogens is 308 g/mol. The van der Waals surface area contributed by atoms with Crippen molar-refractivity contribution in [2.45, 2.75) is 32.2 Å². The van der Waals surface area contributed by atoms with Gasteiger partial charge in [0.25, 0.3) is 0 Å². The van der Waals surface area contributed by atoms with Crippen LogP contribution in [0.2, 0.25) is 0 Å². The first-order chi connectivity index (χ1) is 9.11. The minimum absolute atomic E-state index is 0.0861. The van der Waals surface area contributed by atoms with Crippen LogP contribution in [0.25, 0.3) is 0 Å². The van der Waals surface area contributed by atoms with E-state index < -0.39 is 0 Å². The molecule has 104 valence electrons. The van der Waals surface area contributed by atoms with Gasteiger partial charge in [0.15, 0.2) is 0 Å². The van der Waals surface area contributed by atoms with Gasteiger partial charge in [-0.05, 0) is 43.5 Å². The number of benzene rings is 1. The van der Waals surface area contributed by atoms with Gasteiger partial charge < -0.3 is 15.4 Å². The Hall–Kier alpha value is -1.07. The standard InChI is InChI=1S/C14H19BrN2O2/c1-9(18)17-14-11(8-10-4-3-7-16-10)12(15)5-6-13(14)19-2/h5-6,10,16H,3-4,7-8H2,1-2H3,(H,17,18). The number of rotatable bonds is 4. The first-order valence-electron chi connectivity index (χ1n) is 6.48. The molecule has 5 heteroatoms. The maximum absolute atomic E-state index is 11.4. The summed E-state index contributed by atoms with van der Waals surface area (Å²) >= 11 is 3.57. The Balaban J connectivity index is 2.34. The Morgan fingerprint density at radius 2 is 2.37 bits per heavy atom. The highest BCUT2D eigenvalue weighted by Gasteiger charge is 2.20. The molecule has 0 aliphatic carbocycles. The van der Waals surface area contributed by atoms with Crippen LogP contribution < -0.4 is 15.4 Å². The summed E-state index contributed by atoms with van der Waals surface area (Å²) in [4.78, 5) is 11.4. The number of carbonyl (C=O) groups is 1. The van der Waals surface area contributed by atoms with E-state index in [4.69, 9.17) is 4.74 Å². The minimum atomic E-state index is -0.0861. The van der Waals surface area contributed by atoms with Gasteiger partial charge >= 0.3 is 0 Å². The third-order valence-electron chi connectivity index (χ3n) is 3.35. The maximum Gasteiger partial charge on any atom is 0.221 e. The zero-order chi connectivity index (χ0) is 13.8. The van der Waals surface area contributed by atoms with E-state index in [0.717, 1.165) is 28.7 Å². The number of ether oxygens (including phenoxy) is 1. The Morgan fingerprint density at radius 1 is 1.58 bits per heavy atom. The summed E-state index contributed by atoms with van der Waals surface area (Å²) in [5, 5.41) is 6.36. The average Bonchev–Trinajstić information content (AvgIpc) is 2.86. The molecule has 1 aromatic rings. The molecule has 2 rings (SSSR count). The molecule has 0 saturated carbocycles. The van der Waals surface area contributed by atoms with Crippen LogP contribution in [0, 0.1) is 0 Å².